The minimum absolute atomic E-state index is 0.00728. The molecule has 5 nitrogen and oxygen atoms in total. The molecule has 1 amide bonds. The minimum atomic E-state index is -0.00728. The van der Waals surface area contributed by atoms with E-state index in [1.165, 1.54) is 25.7 Å². The van der Waals surface area contributed by atoms with Crippen molar-refractivity contribution in [1.29, 1.82) is 0 Å². The maximum Gasteiger partial charge on any atom is 0.255 e. The van der Waals surface area contributed by atoms with Crippen LogP contribution >= 0.6 is 0 Å². The van der Waals surface area contributed by atoms with Gasteiger partial charge in [0.2, 0.25) is 0 Å². The number of benzene rings is 1. The van der Waals surface area contributed by atoms with Crippen molar-refractivity contribution in [3.63, 3.8) is 0 Å². The van der Waals surface area contributed by atoms with Crippen LogP contribution in [0.4, 0.5) is 0 Å². The summed E-state index contributed by atoms with van der Waals surface area (Å²) in [6, 6.07) is 10.0. The van der Waals surface area contributed by atoms with Gasteiger partial charge in [0.25, 0.3) is 5.91 Å². The lowest BCUT2D eigenvalue weighted by atomic mass is 9.80. The van der Waals surface area contributed by atoms with Crippen molar-refractivity contribution in [2.75, 3.05) is 13.2 Å². The normalized spacial score (nSPS) is 19.9. The van der Waals surface area contributed by atoms with Gasteiger partial charge in [-0.25, -0.2) is 0 Å². The van der Waals surface area contributed by atoms with Crippen LogP contribution in [0.1, 0.15) is 53.8 Å². The number of hydrogen-bond acceptors (Lipinski definition) is 3. The average molecular weight is 355 g/mol. The molecule has 1 aliphatic rings. The van der Waals surface area contributed by atoms with E-state index in [9.17, 15) is 4.79 Å². The number of hydrogen-bond donors (Lipinski definition) is 2. The van der Waals surface area contributed by atoms with Crippen LogP contribution in [0, 0.1) is 25.7 Å². The second-order valence-corrected chi connectivity index (χ2v) is 7.36. The molecule has 1 fully saturated rings. The molecule has 0 aliphatic heterocycles. The molecule has 2 N–H and O–H groups in total. The number of H-pyrrole nitrogens is 1. The zero-order chi connectivity index (χ0) is 18.4. The molecule has 1 heterocycles. The van der Waals surface area contributed by atoms with Crippen LogP contribution in [-0.4, -0.2) is 29.3 Å². The van der Waals surface area contributed by atoms with E-state index in [0.717, 1.165) is 42.6 Å². The van der Waals surface area contributed by atoms with E-state index in [1.54, 1.807) is 0 Å². The highest BCUT2D eigenvalue weighted by Gasteiger charge is 2.22. The van der Waals surface area contributed by atoms with Gasteiger partial charge in [-0.1, -0.05) is 18.2 Å². The molecule has 5 heteroatoms. The number of ether oxygens (including phenoxy) is 1. The summed E-state index contributed by atoms with van der Waals surface area (Å²) in [5, 5.41) is 10.1. The number of aromatic nitrogens is 2. The van der Waals surface area contributed by atoms with Gasteiger partial charge in [0, 0.05) is 12.2 Å². The van der Waals surface area contributed by atoms with Crippen molar-refractivity contribution in [3.05, 3.63) is 47.3 Å². The zero-order valence-electron chi connectivity index (χ0n) is 15.8. The quantitative estimate of drug-likeness (QED) is 0.788. The molecule has 140 valence electrons. The van der Waals surface area contributed by atoms with Crippen molar-refractivity contribution in [2.45, 2.75) is 46.0 Å². The molecular formula is C21H29N3O2. The van der Waals surface area contributed by atoms with Gasteiger partial charge in [-0.3, -0.25) is 9.89 Å². The Bertz CT molecular complexity index is 684. The van der Waals surface area contributed by atoms with E-state index >= 15 is 0 Å². The number of amides is 1. The van der Waals surface area contributed by atoms with E-state index in [2.05, 4.69) is 15.5 Å². The molecule has 1 aliphatic carbocycles. The third-order valence-corrected chi connectivity index (χ3v) is 5.41. The number of rotatable bonds is 7. The van der Waals surface area contributed by atoms with Crippen molar-refractivity contribution < 1.29 is 9.53 Å². The summed E-state index contributed by atoms with van der Waals surface area (Å²) in [6.45, 7) is 5.30. The van der Waals surface area contributed by atoms with Crippen LogP contribution < -0.4 is 10.1 Å². The van der Waals surface area contributed by atoms with Gasteiger partial charge in [0.05, 0.1) is 17.9 Å². The summed E-state index contributed by atoms with van der Waals surface area (Å²) in [5.74, 6) is 2.27. The summed E-state index contributed by atoms with van der Waals surface area (Å²) in [4.78, 5) is 12.3. The summed E-state index contributed by atoms with van der Waals surface area (Å²) in [6.07, 6.45) is 5.92. The highest BCUT2D eigenvalue weighted by atomic mass is 16.5. The van der Waals surface area contributed by atoms with Crippen molar-refractivity contribution >= 4 is 5.91 Å². The Labute approximate surface area is 155 Å². The number of nitrogens with zero attached hydrogens (tertiary/aromatic N) is 1. The molecule has 0 saturated heterocycles. The molecule has 0 unspecified atom stereocenters. The topological polar surface area (TPSA) is 67.0 Å². The van der Waals surface area contributed by atoms with Gasteiger partial charge in [-0.2, -0.15) is 5.10 Å². The maximum absolute atomic E-state index is 12.3. The predicted molar refractivity (Wildman–Crippen MR) is 102 cm³/mol. The van der Waals surface area contributed by atoms with Crippen molar-refractivity contribution in [3.8, 4) is 5.75 Å². The number of nitrogens with one attached hydrogen (secondary N) is 2. The fraction of sp³-hybridized carbons (Fsp3) is 0.524. The standard InChI is InChI=1S/C21H29N3O2/c1-15-20(16(2)24-23-15)21(25)22-14-18-10-8-17(9-11-18)12-13-26-19-6-4-3-5-7-19/h3-7,17-18H,8-14H2,1-2H3,(H,22,25)(H,23,24). The van der Waals surface area contributed by atoms with E-state index in [1.807, 2.05) is 44.2 Å². The molecule has 0 bridgehead atoms. The lowest BCUT2D eigenvalue weighted by Crippen LogP contribution is -2.32. The Balaban J connectivity index is 1.34. The molecule has 1 saturated carbocycles. The first kappa shape index (κ1) is 18.5. The second kappa shape index (κ2) is 8.88. The molecule has 0 atom stereocenters. The van der Waals surface area contributed by atoms with Gasteiger partial charge in [-0.05, 0) is 69.9 Å². The Hall–Kier alpha value is -2.30. The summed E-state index contributed by atoms with van der Waals surface area (Å²) >= 11 is 0. The molecule has 0 spiro atoms. The van der Waals surface area contributed by atoms with Crippen LogP contribution in [0.5, 0.6) is 5.75 Å². The lowest BCUT2D eigenvalue weighted by molar-refractivity contribution is 0.0939. The van der Waals surface area contributed by atoms with Crippen molar-refractivity contribution in [1.82, 2.24) is 15.5 Å². The fourth-order valence-electron chi connectivity index (χ4n) is 3.80. The minimum Gasteiger partial charge on any atom is -0.494 e. The first-order valence-corrected chi connectivity index (χ1v) is 9.61. The third-order valence-electron chi connectivity index (χ3n) is 5.41. The van der Waals surface area contributed by atoms with Crippen LogP contribution in [0.3, 0.4) is 0 Å². The number of carbonyl (C=O) groups excluding carboxylic acids is 1. The number of carbonyl (C=O) groups is 1. The molecule has 0 radical (unpaired) electrons. The van der Waals surface area contributed by atoms with Gasteiger partial charge >= 0.3 is 0 Å². The summed E-state index contributed by atoms with van der Waals surface area (Å²) < 4.78 is 5.81. The smallest absolute Gasteiger partial charge is 0.255 e. The third kappa shape index (κ3) is 4.87. The molecule has 2 aromatic rings. The van der Waals surface area contributed by atoms with Crippen LogP contribution in [-0.2, 0) is 0 Å². The maximum atomic E-state index is 12.3. The van der Waals surface area contributed by atoms with Crippen LogP contribution in [0.25, 0.3) is 0 Å². The van der Waals surface area contributed by atoms with Gasteiger partial charge in [0.1, 0.15) is 5.75 Å². The van der Waals surface area contributed by atoms with Gasteiger partial charge < -0.3 is 10.1 Å². The molecule has 1 aromatic heterocycles. The van der Waals surface area contributed by atoms with E-state index in [-0.39, 0.29) is 5.91 Å². The van der Waals surface area contributed by atoms with Crippen molar-refractivity contribution in [2.24, 2.45) is 11.8 Å². The highest BCUT2D eigenvalue weighted by Crippen LogP contribution is 2.30. The zero-order valence-corrected chi connectivity index (χ0v) is 15.8. The van der Waals surface area contributed by atoms with Crippen LogP contribution in [0.15, 0.2) is 30.3 Å². The average Bonchev–Trinajstić information content (AvgIpc) is 3.00. The molecular weight excluding hydrogens is 326 g/mol. The molecule has 26 heavy (non-hydrogen) atoms. The number of aromatic amines is 1. The van der Waals surface area contributed by atoms with Gasteiger partial charge in [-0.15, -0.1) is 0 Å². The first-order valence-electron chi connectivity index (χ1n) is 9.61. The van der Waals surface area contributed by atoms with E-state index in [4.69, 9.17) is 4.74 Å². The largest absolute Gasteiger partial charge is 0.494 e. The first-order chi connectivity index (χ1) is 12.6. The Morgan fingerprint density at radius 3 is 2.50 bits per heavy atom. The molecule has 3 rings (SSSR count). The summed E-state index contributed by atoms with van der Waals surface area (Å²) in [7, 11) is 0. The predicted octanol–water partition coefficient (Wildman–Crippen LogP) is 4.03. The van der Waals surface area contributed by atoms with Gasteiger partial charge in [0.15, 0.2) is 0 Å². The fourth-order valence-corrected chi connectivity index (χ4v) is 3.80. The Morgan fingerprint density at radius 2 is 1.85 bits per heavy atom. The Kier molecular flexibility index (Phi) is 6.31. The lowest BCUT2D eigenvalue weighted by Gasteiger charge is -2.28. The van der Waals surface area contributed by atoms with Crippen LogP contribution in [0.2, 0.25) is 0 Å². The second-order valence-electron chi connectivity index (χ2n) is 7.36. The summed E-state index contributed by atoms with van der Waals surface area (Å²) in [5.41, 5.74) is 2.29. The SMILES string of the molecule is Cc1n[nH]c(C)c1C(=O)NCC1CCC(CCOc2ccccc2)CC1. The molecule has 1 aromatic carbocycles. The monoisotopic (exact) mass is 355 g/mol. The number of para-hydroxylation sites is 1. The Morgan fingerprint density at radius 1 is 1.15 bits per heavy atom. The highest BCUT2D eigenvalue weighted by molar-refractivity contribution is 5.96. The van der Waals surface area contributed by atoms with E-state index in [0.29, 0.717) is 11.5 Å². The van der Waals surface area contributed by atoms with E-state index < -0.39 is 0 Å². The number of aryl methyl sites for hydroxylation is 2.